The maximum atomic E-state index is 12.0. The van der Waals surface area contributed by atoms with E-state index < -0.39 is 5.97 Å². The van der Waals surface area contributed by atoms with Crippen molar-refractivity contribution in [1.29, 1.82) is 0 Å². The van der Waals surface area contributed by atoms with Crippen molar-refractivity contribution in [2.75, 3.05) is 12.8 Å². The van der Waals surface area contributed by atoms with Gasteiger partial charge in [-0.2, -0.15) is 0 Å². The summed E-state index contributed by atoms with van der Waals surface area (Å²) in [7, 11) is 1.33. The van der Waals surface area contributed by atoms with Gasteiger partial charge in [0, 0.05) is 11.3 Å². The molecule has 3 aromatic carbocycles. The number of nitrogens with two attached hydrogens (primary N) is 1. The standard InChI is InChI=1S/C22H15N3O4/c1-27-22(26)15-8-4-10-17-19(15)25-21(29-17)14-7-3-9-16-18(14)24-20(28-16)12-5-2-6-13(23)11-12/h2-11H,23H2,1H3. The molecule has 0 saturated carbocycles. The van der Waals surface area contributed by atoms with Crippen LogP contribution in [-0.4, -0.2) is 23.0 Å². The molecule has 2 heterocycles. The molecule has 0 fully saturated rings. The first-order valence-electron chi connectivity index (χ1n) is 8.88. The molecule has 0 atom stereocenters. The van der Waals surface area contributed by atoms with E-state index in [0.717, 1.165) is 5.56 Å². The second kappa shape index (κ2) is 6.49. The average Bonchev–Trinajstić information content (AvgIpc) is 3.37. The zero-order chi connectivity index (χ0) is 20.0. The number of fused-ring (bicyclic) bond motifs is 2. The summed E-state index contributed by atoms with van der Waals surface area (Å²) in [6, 6.07) is 17.9. The Labute approximate surface area is 164 Å². The van der Waals surface area contributed by atoms with Gasteiger partial charge in [-0.1, -0.05) is 18.2 Å². The van der Waals surface area contributed by atoms with Crippen LogP contribution in [0.1, 0.15) is 10.4 Å². The fourth-order valence-corrected chi connectivity index (χ4v) is 3.25. The maximum Gasteiger partial charge on any atom is 0.340 e. The number of rotatable bonds is 3. The predicted molar refractivity (Wildman–Crippen MR) is 108 cm³/mol. The lowest BCUT2D eigenvalue weighted by atomic mass is 10.2. The fourth-order valence-electron chi connectivity index (χ4n) is 3.25. The summed E-state index contributed by atoms with van der Waals surface area (Å²) in [6.07, 6.45) is 0. The van der Waals surface area contributed by atoms with Crippen LogP contribution < -0.4 is 5.73 Å². The number of oxazole rings is 2. The molecule has 0 unspecified atom stereocenters. The minimum Gasteiger partial charge on any atom is -0.465 e. The molecular weight excluding hydrogens is 370 g/mol. The van der Waals surface area contributed by atoms with Crippen LogP contribution in [0.25, 0.3) is 45.1 Å². The van der Waals surface area contributed by atoms with Crippen molar-refractivity contribution in [1.82, 2.24) is 9.97 Å². The molecule has 7 heteroatoms. The second-order valence-electron chi connectivity index (χ2n) is 6.46. The smallest absolute Gasteiger partial charge is 0.340 e. The number of ether oxygens (including phenoxy) is 1. The predicted octanol–water partition coefficient (Wildman–Crippen LogP) is 4.67. The van der Waals surface area contributed by atoms with Crippen LogP contribution in [0, 0.1) is 0 Å². The molecule has 29 heavy (non-hydrogen) atoms. The molecule has 2 aromatic heterocycles. The highest BCUT2D eigenvalue weighted by Gasteiger charge is 2.20. The van der Waals surface area contributed by atoms with Gasteiger partial charge in [0.15, 0.2) is 11.2 Å². The molecule has 5 rings (SSSR count). The van der Waals surface area contributed by atoms with Crippen LogP contribution in [0.3, 0.4) is 0 Å². The molecule has 7 nitrogen and oxygen atoms in total. The van der Waals surface area contributed by atoms with E-state index in [1.165, 1.54) is 7.11 Å². The van der Waals surface area contributed by atoms with Gasteiger partial charge in [0.05, 0.1) is 18.2 Å². The van der Waals surface area contributed by atoms with E-state index in [1.807, 2.05) is 30.3 Å². The van der Waals surface area contributed by atoms with Gasteiger partial charge in [-0.15, -0.1) is 0 Å². The van der Waals surface area contributed by atoms with Gasteiger partial charge in [0.25, 0.3) is 0 Å². The number of esters is 1. The molecule has 142 valence electrons. The van der Waals surface area contributed by atoms with E-state index in [1.54, 1.807) is 30.3 Å². The van der Waals surface area contributed by atoms with Crippen molar-refractivity contribution < 1.29 is 18.4 Å². The van der Waals surface area contributed by atoms with Crippen LogP contribution in [0.5, 0.6) is 0 Å². The highest BCUT2D eigenvalue weighted by Crippen LogP contribution is 2.34. The van der Waals surface area contributed by atoms with Crippen LogP contribution in [0.2, 0.25) is 0 Å². The summed E-state index contributed by atoms with van der Waals surface area (Å²) in [4.78, 5) is 21.2. The molecular formula is C22H15N3O4. The number of hydrogen-bond donors (Lipinski definition) is 1. The SMILES string of the molecule is COC(=O)c1cccc2oc(-c3cccc4oc(-c5cccc(N)c5)nc34)nc12. The van der Waals surface area contributed by atoms with Crippen molar-refractivity contribution in [3.05, 3.63) is 66.2 Å². The first-order chi connectivity index (χ1) is 14.1. The Morgan fingerprint density at radius 1 is 0.897 bits per heavy atom. The van der Waals surface area contributed by atoms with Gasteiger partial charge >= 0.3 is 5.97 Å². The Bertz CT molecular complexity index is 1380. The number of aromatic nitrogens is 2. The van der Waals surface area contributed by atoms with Gasteiger partial charge < -0.3 is 19.3 Å². The van der Waals surface area contributed by atoms with Crippen LogP contribution in [0.15, 0.2) is 69.5 Å². The third-order valence-corrected chi connectivity index (χ3v) is 4.61. The number of hydrogen-bond acceptors (Lipinski definition) is 7. The van der Waals surface area contributed by atoms with Crippen molar-refractivity contribution in [3.8, 4) is 22.9 Å². The fraction of sp³-hybridized carbons (Fsp3) is 0.0455. The summed E-state index contributed by atoms with van der Waals surface area (Å²) in [5, 5.41) is 0. The number of nitrogens with zero attached hydrogens (tertiary/aromatic N) is 2. The van der Waals surface area contributed by atoms with E-state index >= 15 is 0 Å². The number of carbonyl (C=O) groups is 1. The number of para-hydroxylation sites is 2. The maximum absolute atomic E-state index is 12.0. The molecule has 0 aliphatic rings. The third-order valence-electron chi connectivity index (χ3n) is 4.61. The van der Waals surface area contributed by atoms with Gasteiger partial charge in [-0.3, -0.25) is 0 Å². The molecule has 5 aromatic rings. The lowest BCUT2D eigenvalue weighted by Gasteiger charge is -1.97. The summed E-state index contributed by atoms with van der Waals surface area (Å²) >= 11 is 0. The third kappa shape index (κ3) is 2.80. The summed E-state index contributed by atoms with van der Waals surface area (Å²) < 4.78 is 16.7. The topological polar surface area (TPSA) is 104 Å². The Kier molecular flexibility index (Phi) is 3.80. The lowest BCUT2D eigenvalue weighted by Crippen LogP contribution is -2.01. The molecule has 0 spiro atoms. The molecule has 0 saturated heterocycles. The van der Waals surface area contributed by atoms with Crippen molar-refractivity contribution in [3.63, 3.8) is 0 Å². The van der Waals surface area contributed by atoms with Crippen molar-refractivity contribution >= 4 is 33.9 Å². The molecule has 2 N–H and O–H groups in total. The molecule has 0 radical (unpaired) electrons. The van der Waals surface area contributed by atoms with E-state index in [0.29, 0.717) is 50.8 Å². The van der Waals surface area contributed by atoms with Crippen LogP contribution >= 0.6 is 0 Å². The van der Waals surface area contributed by atoms with Gasteiger partial charge in [0.1, 0.15) is 11.0 Å². The number of nitrogen functional groups attached to an aromatic ring is 1. The molecule has 0 amide bonds. The Hall–Kier alpha value is -4.13. The number of anilines is 1. The Morgan fingerprint density at radius 2 is 1.59 bits per heavy atom. The van der Waals surface area contributed by atoms with Gasteiger partial charge in [-0.05, 0) is 42.5 Å². The zero-order valence-electron chi connectivity index (χ0n) is 15.4. The van der Waals surface area contributed by atoms with E-state index in [9.17, 15) is 4.79 Å². The van der Waals surface area contributed by atoms with Crippen molar-refractivity contribution in [2.45, 2.75) is 0 Å². The quantitative estimate of drug-likeness (QED) is 0.355. The molecule has 0 bridgehead atoms. The summed E-state index contributed by atoms with van der Waals surface area (Å²) in [5.74, 6) is 0.319. The second-order valence-corrected chi connectivity index (χ2v) is 6.46. The summed E-state index contributed by atoms with van der Waals surface area (Å²) in [5.41, 5.74) is 10.4. The first-order valence-corrected chi connectivity index (χ1v) is 8.88. The average molecular weight is 385 g/mol. The van der Waals surface area contributed by atoms with E-state index in [2.05, 4.69) is 9.97 Å². The largest absolute Gasteiger partial charge is 0.465 e. The van der Waals surface area contributed by atoms with Crippen molar-refractivity contribution in [2.24, 2.45) is 0 Å². The minimum atomic E-state index is -0.473. The van der Waals surface area contributed by atoms with Crippen LogP contribution in [-0.2, 0) is 4.74 Å². The summed E-state index contributed by atoms with van der Waals surface area (Å²) in [6.45, 7) is 0. The number of benzene rings is 3. The highest BCUT2D eigenvalue weighted by atomic mass is 16.5. The normalized spacial score (nSPS) is 11.2. The zero-order valence-corrected chi connectivity index (χ0v) is 15.4. The lowest BCUT2D eigenvalue weighted by molar-refractivity contribution is 0.0602. The Morgan fingerprint density at radius 3 is 2.38 bits per heavy atom. The number of carbonyl (C=O) groups excluding carboxylic acids is 1. The Balaban J connectivity index is 1.68. The van der Waals surface area contributed by atoms with E-state index in [4.69, 9.17) is 19.3 Å². The van der Waals surface area contributed by atoms with Gasteiger partial charge in [-0.25, -0.2) is 14.8 Å². The van der Waals surface area contributed by atoms with Gasteiger partial charge in [0.2, 0.25) is 11.8 Å². The van der Waals surface area contributed by atoms with Crippen LogP contribution in [0.4, 0.5) is 5.69 Å². The number of methoxy groups -OCH3 is 1. The first kappa shape index (κ1) is 17.0. The highest BCUT2D eigenvalue weighted by molar-refractivity contribution is 6.02. The molecule has 0 aliphatic heterocycles. The minimum absolute atomic E-state index is 0.341. The molecule has 0 aliphatic carbocycles. The van der Waals surface area contributed by atoms with E-state index in [-0.39, 0.29) is 0 Å². The monoisotopic (exact) mass is 385 g/mol.